The van der Waals surface area contributed by atoms with Gasteiger partial charge in [-0.25, -0.2) is 0 Å². The summed E-state index contributed by atoms with van der Waals surface area (Å²) in [4.78, 5) is 3.37. The van der Waals surface area contributed by atoms with E-state index in [1.54, 1.807) is 0 Å². The molecule has 6 nitrogen and oxygen atoms in total. The van der Waals surface area contributed by atoms with E-state index >= 15 is 0 Å². The quantitative estimate of drug-likeness (QED) is 0.159. The summed E-state index contributed by atoms with van der Waals surface area (Å²) in [5, 5.41) is 13.4. The minimum atomic E-state index is 0.867. The molecule has 0 aromatic heterocycles. The zero-order valence-corrected chi connectivity index (χ0v) is 13.9. The molecule has 0 aliphatic rings. The SMILES string of the molecule is CCNC(NCC)=[NH+]CCNC(NCC)=[N+](CC)CC. The van der Waals surface area contributed by atoms with Crippen LogP contribution in [-0.2, 0) is 0 Å². The zero-order valence-electron chi connectivity index (χ0n) is 13.9. The van der Waals surface area contributed by atoms with E-state index in [0.717, 1.165) is 57.7 Å². The summed E-state index contributed by atoms with van der Waals surface area (Å²) in [5.41, 5.74) is 0. The fourth-order valence-electron chi connectivity index (χ4n) is 1.90. The molecule has 0 saturated carbocycles. The summed E-state index contributed by atoms with van der Waals surface area (Å²) in [6.07, 6.45) is 0. The van der Waals surface area contributed by atoms with Crippen molar-refractivity contribution in [2.24, 2.45) is 0 Å². The molecule has 0 aromatic rings. The van der Waals surface area contributed by atoms with Gasteiger partial charge in [-0.2, -0.15) is 0 Å². The maximum atomic E-state index is 3.46. The molecule has 0 saturated heterocycles. The maximum absolute atomic E-state index is 3.46. The van der Waals surface area contributed by atoms with Crippen LogP contribution >= 0.6 is 0 Å². The highest BCUT2D eigenvalue weighted by atomic mass is 15.2. The Morgan fingerprint density at radius 2 is 1.35 bits per heavy atom. The van der Waals surface area contributed by atoms with E-state index in [1.165, 1.54) is 0 Å². The van der Waals surface area contributed by atoms with Crippen LogP contribution in [0, 0.1) is 0 Å². The van der Waals surface area contributed by atoms with Crippen LogP contribution in [0.25, 0.3) is 0 Å². The van der Waals surface area contributed by atoms with Crippen molar-refractivity contribution in [2.75, 3.05) is 45.8 Å². The lowest BCUT2D eigenvalue weighted by Gasteiger charge is -2.10. The zero-order chi connectivity index (χ0) is 15.2. The molecule has 0 aliphatic carbocycles. The second kappa shape index (κ2) is 12.6. The third-order valence-corrected chi connectivity index (χ3v) is 2.85. The van der Waals surface area contributed by atoms with Crippen LogP contribution in [0.2, 0.25) is 0 Å². The molecule has 0 amide bonds. The number of hydrogen-bond donors (Lipinski definition) is 5. The van der Waals surface area contributed by atoms with Crippen molar-refractivity contribution < 1.29 is 9.57 Å². The Hall–Kier alpha value is -1.46. The van der Waals surface area contributed by atoms with Gasteiger partial charge in [-0.05, 0) is 34.6 Å². The van der Waals surface area contributed by atoms with Crippen molar-refractivity contribution in [2.45, 2.75) is 34.6 Å². The van der Waals surface area contributed by atoms with Crippen LogP contribution in [0.4, 0.5) is 0 Å². The first-order chi connectivity index (χ1) is 9.73. The number of guanidine groups is 2. The van der Waals surface area contributed by atoms with Gasteiger partial charge in [0.1, 0.15) is 0 Å². The fourth-order valence-corrected chi connectivity index (χ4v) is 1.90. The highest BCUT2D eigenvalue weighted by molar-refractivity contribution is 5.75. The van der Waals surface area contributed by atoms with E-state index < -0.39 is 0 Å². The molecule has 0 spiro atoms. The molecule has 0 radical (unpaired) electrons. The van der Waals surface area contributed by atoms with Crippen molar-refractivity contribution in [3.05, 3.63) is 0 Å². The van der Waals surface area contributed by atoms with Crippen LogP contribution in [0.3, 0.4) is 0 Å². The van der Waals surface area contributed by atoms with Crippen molar-refractivity contribution >= 4 is 11.9 Å². The summed E-state index contributed by atoms with van der Waals surface area (Å²) in [7, 11) is 0. The first-order valence-electron chi connectivity index (χ1n) is 7.91. The molecule has 0 rings (SSSR count). The Labute approximate surface area is 124 Å². The molecule has 118 valence electrons. The van der Waals surface area contributed by atoms with Crippen molar-refractivity contribution in [3.63, 3.8) is 0 Å². The van der Waals surface area contributed by atoms with Gasteiger partial charge in [-0.1, -0.05) is 0 Å². The predicted molar refractivity (Wildman–Crippen MR) is 86.2 cm³/mol. The normalized spacial score (nSPS) is 9.65. The molecular formula is C14H34N6+2. The minimum absolute atomic E-state index is 0.867. The molecule has 5 N–H and O–H groups in total. The van der Waals surface area contributed by atoms with Crippen molar-refractivity contribution in [3.8, 4) is 0 Å². The van der Waals surface area contributed by atoms with E-state index in [4.69, 9.17) is 0 Å². The van der Waals surface area contributed by atoms with Gasteiger partial charge in [0.15, 0.2) is 0 Å². The van der Waals surface area contributed by atoms with E-state index in [0.29, 0.717) is 0 Å². The number of nitrogens with one attached hydrogen (secondary N) is 5. The summed E-state index contributed by atoms with van der Waals surface area (Å²) in [6, 6.07) is 0. The maximum Gasteiger partial charge on any atom is 0.345 e. The fraction of sp³-hybridized carbons (Fsp3) is 0.857. The van der Waals surface area contributed by atoms with Gasteiger partial charge < -0.3 is 0 Å². The standard InChI is InChI=1S/C14H32N6/c1-6-15-13(16-7-2)18-11-12-19-14(17-8-3)20(9-4)10-5/h6-12H2,1-5H3,(H3,15,16,17,18,19)/p+2. The topological polar surface area (TPSA) is 65.1 Å². The molecule has 0 bridgehead atoms. The Morgan fingerprint density at radius 3 is 1.80 bits per heavy atom. The van der Waals surface area contributed by atoms with Gasteiger partial charge in [-0.15, -0.1) is 0 Å². The smallest absolute Gasteiger partial charge is 0.278 e. The van der Waals surface area contributed by atoms with Crippen LogP contribution in [0.1, 0.15) is 34.6 Å². The number of nitrogens with zero attached hydrogens (tertiary/aromatic N) is 1. The molecule has 0 atom stereocenters. The number of rotatable bonds is 8. The summed E-state index contributed by atoms with van der Waals surface area (Å²) < 4.78 is 2.29. The van der Waals surface area contributed by atoms with Crippen molar-refractivity contribution in [1.82, 2.24) is 21.3 Å². The lowest BCUT2D eigenvalue weighted by atomic mass is 10.5. The van der Waals surface area contributed by atoms with Crippen molar-refractivity contribution in [1.29, 1.82) is 0 Å². The highest BCUT2D eigenvalue weighted by Crippen LogP contribution is 1.76. The minimum Gasteiger partial charge on any atom is -0.278 e. The van der Waals surface area contributed by atoms with Crippen LogP contribution < -0.4 is 26.3 Å². The highest BCUT2D eigenvalue weighted by Gasteiger charge is 2.09. The first-order valence-corrected chi connectivity index (χ1v) is 7.91. The monoisotopic (exact) mass is 286 g/mol. The van der Waals surface area contributed by atoms with Gasteiger partial charge >= 0.3 is 11.9 Å². The summed E-state index contributed by atoms with van der Waals surface area (Å²) in [5.74, 6) is 2.12. The Balaban J connectivity index is 4.35. The molecular weight excluding hydrogens is 252 g/mol. The van der Waals surface area contributed by atoms with Gasteiger partial charge in [0.2, 0.25) is 0 Å². The molecule has 0 fully saturated rings. The first kappa shape index (κ1) is 18.5. The van der Waals surface area contributed by atoms with Gasteiger partial charge in [0.05, 0.1) is 45.8 Å². The van der Waals surface area contributed by atoms with Gasteiger partial charge in [-0.3, -0.25) is 30.8 Å². The Bertz CT molecular complexity index is 284. The molecule has 0 unspecified atom stereocenters. The van der Waals surface area contributed by atoms with Crippen LogP contribution in [-0.4, -0.2) is 62.3 Å². The van der Waals surface area contributed by atoms with Crippen LogP contribution in [0.5, 0.6) is 0 Å². The summed E-state index contributed by atoms with van der Waals surface area (Å²) in [6.45, 7) is 17.1. The van der Waals surface area contributed by atoms with Gasteiger partial charge in [0, 0.05) is 0 Å². The summed E-state index contributed by atoms with van der Waals surface area (Å²) >= 11 is 0. The van der Waals surface area contributed by atoms with Crippen LogP contribution in [0.15, 0.2) is 0 Å². The van der Waals surface area contributed by atoms with E-state index in [9.17, 15) is 0 Å². The van der Waals surface area contributed by atoms with E-state index in [2.05, 4.69) is 65.5 Å². The van der Waals surface area contributed by atoms with E-state index in [1.807, 2.05) is 0 Å². The second-order valence-corrected chi connectivity index (χ2v) is 4.34. The molecule has 0 aromatic carbocycles. The third kappa shape index (κ3) is 7.86. The molecule has 0 heterocycles. The largest absolute Gasteiger partial charge is 0.345 e. The average Bonchev–Trinajstić information content (AvgIpc) is 2.45. The Kier molecular flexibility index (Phi) is 11.7. The lowest BCUT2D eigenvalue weighted by molar-refractivity contribution is -0.525. The predicted octanol–water partition coefficient (Wildman–Crippen LogP) is -1.75. The number of hydrogen-bond acceptors (Lipinski definition) is 0. The molecule has 6 heteroatoms. The Morgan fingerprint density at radius 1 is 0.800 bits per heavy atom. The molecule has 20 heavy (non-hydrogen) atoms. The average molecular weight is 286 g/mol. The van der Waals surface area contributed by atoms with E-state index in [-0.39, 0.29) is 0 Å². The third-order valence-electron chi connectivity index (χ3n) is 2.85. The van der Waals surface area contributed by atoms with Gasteiger partial charge in [0.25, 0.3) is 0 Å². The molecule has 0 aliphatic heterocycles. The lowest BCUT2D eigenvalue weighted by Crippen LogP contribution is -2.81. The second-order valence-electron chi connectivity index (χ2n) is 4.34.